The molecule has 0 saturated heterocycles. The fourth-order valence-electron chi connectivity index (χ4n) is 4.31. The lowest BCUT2D eigenvalue weighted by atomic mass is 9.94. The van der Waals surface area contributed by atoms with Gasteiger partial charge in [-0.3, -0.25) is 4.79 Å². The number of sulfonamides is 1. The SMILES string of the molecule is Cc1cc(-c2cc(S(=O)(=O)NC(C)(C)C)ccc2OC2CCC(F)(F)CC2)n2cc[nH]c(=O)c12. The lowest BCUT2D eigenvalue weighted by molar-refractivity contribution is -0.0581. The maximum absolute atomic E-state index is 13.6. The highest BCUT2D eigenvalue weighted by molar-refractivity contribution is 7.89. The Bertz CT molecular complexity index is 1380. The number of aromatic nitrogens is 2. The van der Waals surface area contributed by atoms with Crippen molar-refractivity contribution in [2.75, 3.05) is 0 Å². The van der Waals surface area contributed by atoms with Crippen LogP contribution in [0.15, 0.2) is 46.3 Å². The number of rotatable bonds is 5. The number of nitrogens with zero attached hydrogens (tertiary/aromatic N) is 1. The Kier molecular flexibility index (Phi) is 6.10. The van der Waals surface area contributed by atoms with Crippen molar-refractivity contribution in [2.45, 2.75) is 75.8 Å². The molecule has 1 aromatic carbocycles. The first-order chi connectivity index (χ1) is 15.8. The monoisotopic (exact) mass is 493 g/mol. The number of aryl methyl sites for hydroxylation is 1. The van der Waals surface area contributed by atoms with Gasteiger partial charge in [0.05, 0.1) is 16.7 Å². The van der Waals surface area contributed by atoms with Gasteiger partial charge in [0.2, 0.25) is 15.9 Å². The zero-order chi connectivity index (χ0) is 24.9. The zero-order valence-electron chi connectivity index (χ0n) is 19.6. The van der Waals surface area contributed by atoms with Crippen LogP contribution >= 0.6 is 0 Å². The van der Waals surface area contributed by atoms with E-state index in [-0.39, 0.29) is 36.1 Å². The lowest BCUT2D eigenvalue weighted by Crippen LogP contribution is -2.40. The molecule has 34 heavy (non-hydrogen) atoms. The van der Waals surface area contributed by atoms with Crippen molar-refractivity contribution < 1.29 is 21.9 Å². The first kappa shape index (κ1) is 24.4. The fourth-order valence-corrected chi connectivity index (χ4v) is 5.76. The third-order valence-electron chi connectivity index (χ3n) is 5.82. The number of alkyl halides is 2. The number of nitrogens with one attached hydrogen (secondary N) is 2. The van der Waals surface area contributed by atoms with E-state index in [4.69, 9.17) is 4.74 Å². The Balaban J connectivity index is 1.83. The summed E-state index contributed by atoms with van der Waals surface area (Å²) in [5.41, 5.74) is 1.21. The van der Waals surface area contributed by atoms with Crippen LogP contribution in [0.5, 0.6) is 5.75 Å². The van der Waals surface area contributed by atoms with Gasteiger partial charge in [-0.05, 0) is 70.4 Å². The molecule has 184 valence electrons. The summed E-state index contributed by atoms with van der Waals surface area (Å²) in [7, 11) is -3.85. The van der Waals surface area contributed by atoms with Gasteiger partial charge >= 0.3 is 0 Å². The minimum Gasteiger partial charge on any atom is -0.490 e. The highest BCUT2D eigenvalue weighted by Crippen LogP contribution is 2.39. The second kappa shape index (κ2) is 8.49. The Morgan fingerprint density at radius 3 is 2.50 bits per heavy atom. The van der Waals surface area contributed by atoms with Crippen molar-refractivity contribution in [1.29, 1.82) is 0 Å². The molecule has 2 aromatic heterocycles. The van der Waals surface area contributed by atoms with Gasteiger partial charge in [-0.25, -0.2) is 21.9 Å². The molecule has 0 spiro atoms. The van der Waals surface area contributed by atoms with E-state index in [2.05, 4.69) is 9.71 Å². The van der Waals surface area contributed by atoms with Crippen LogP contribution in [-0.2, 0) is 10.0 Å². The maximum Gasteiger partial charge on any atom is 0.272 e. The second-order valence-electron chi connectivity index (χ2n) is 9.91. The number of H-pyrrole nitrogens is 1. The first-order valence-electron chi connectivity index (χ1n) is 11.2. The van der Waals surface area contributed by atoms with E-state index in [1.165, 1.54) is 18.3 Å². The molecule has 7 nitrogen and oxygen atoms in total. The quantitative estimate of drug-likeness (QED) is 0.542. The first-order valence-corrected chi connectivity index (χ1v) is 12.7. The highest BCUT2D eigenvalue weighted by Gasteiger charge is 2.36. The topological polar surface area (TPSA) is 92.7 Å². The summed E-state index contributed by atoms with van der Waals surface area (Å²) in [4.78, 5) is 15.1. The predicted molar refractivity (Wildman–Crippen MR) is 126 cm³/mol. The van der Waals surface area contributed by atoms with Crippen LogP contribution < -0.4 is 15.0 Å². The zero-order valence-corrected chi connectivity index (χ0v) is 20.4. The molecule has 3 aromatic rings. The maximum atomic E-state index is 13.6. The Morgan fingerprint density at radius 1 is 1.18 bits per heavy atom. The number of aromatic amines is 1. The van der Waals surface area contributed by atoms with E-state index in [1.54, 1.807) is 50.4 Å². The predicted octanol–water partition coefficient (Wildman–Crippen LogP) is 4.64. The standard InChI is InChI=1S/C24H29F2N3O4S/c1-15-13-19(29-12-11-27-22(30)21(15)29)18-14-17(34(31,32)28-23(2,3)4)5-6-20(18)33-16-7-9-24(25,26)10-8-16/h5-6,11-14,16,28H,7-10H2,1-4H3,(H,27,30). The minimum atomic E-state index is -3.85. The number of halogens is 2. The van der Waals surface area contributed by atoms with Crippen molar-refractivity contribution in [3.8, 4) is 17.0 Å². The summed E-state index contributed by atoms with van der Waals surface area (Å²) in [6, 6.07) is 6.29. The molecule has 1 saturated carbocycles. The lowest BCUT2D eigenvalue weighted by Gasteiger charge is -2.29. The molecule has 1 aliphatic rings. The van der Waals surface area contributed by atoms with Crippen molar-refractivity contribution >= 4 is 15.5 Å². The van der Waals surface area contributed by atoms with Crippen molar-refractivity contribution in [2.24, 2.45) is 0 Å². The molecule has 1 fully saturated rings. The molecular formula is C24H29F2N3O4S. The summed E-state index contributed by atoms with van der Waals surface area (Å²) in [6.45, 7) is 7.04. The average molecular weight is 494 g/mol. The molecule has 4 rings (SSSR count). The van der Waals surface area contributed by atoms with Gasteiger partial charge in [0, 0.05) is 36.3 Å². The molecule has 0 radical (unpaired) electrons. The van der Waals surface area contributed by atoms with Gasteiger partial charge < -0.3 is 14.1 Å². The molecule has 0 aliphatic heterocycles. The molecule has 0 unspecified atom stereocenters. The highest BCUT2D eigenvalue weighted by atomic mass is 32.2. The smallest absolute Gasteiger partial charge is 0.272 e. The summed E-state index contributed by atoms with van der Waals surface area (Å²) in [5.74, 6) is -2.31. The number of hydrogen-bond acceptors (Lipinski definition) is 4. The second-order valence-corrected chi connectivity index (χ2v) is 11.6. The van der Waals surface area contributed by atoms with Gasteiger partial charge in [-0.15, -0.1) is 0 Å². The van der Waals surface area contributed by atoms with Crippen LogP contribution in [0.3, 0.4) is 0 Å². The van der Waals surface area contributed by atoms with E-state index in [0.717, 1.165) is 0 Å². The van der Waals surface area contributed by atoms with E-state index in [9.17, 15) is 22.0 Å². The van der Waals surface area contributed by atoms with E-state index in [0.29, 0.717) is 28.1 Å². The molecular weight excluding hydrogens is 464 g/mol. The van der Waals surface area contributed by atoms with Crippen LogP contribution in [0, 0.1) is 6.92 Å². The number of benzene rings is 1. The van der Waals surface area contributed by atoms with Crippen LogP contribution in [0.1, 0.15) is 52.0 Å². The van der Waals surface area contributed by atoms with E-state index in [1.807, 2.05) is 0 Å². The molecule has 1 aliphatic carbocycles. The largest absolute Gasteiger partial charge is 0.490 e. The number of ether oxygens (including phenoxy) is 1. The van der Waals surface area contributed by atoms with Crippen LogP contribution in [0.2, 0.25) is 0 Å². The summed E-state index contributed by atoms with van der Waals surface area (Å²) >= 11 is 0. The van der Waals surface area contributed by atoms with Gasteiger partial charge in [-0.2, -0.15) is 0 Å². The normalized spacial score (nSPS) is 17.2. The molecule has 2 heterocycles. The van der Waals surface area contributed by atoms with Gasteiger partial charge in [0.1, 0.15) is 11.3 Å². The van der Waals surface area contributed by atoms with Crippen LogP contribution in [-0.4, -0.2) is 35.4 Å². The van der Waals surface area contributed by atoms with Crippen molar-refractivity contribution in [1.82, 2.24) is 14.1 Å². The molecule has 0 atom stereocenters. The fraction of sp³-hybridized carbons (Fsp3) is 0.458. The van der Waals surface area contributed by atoms with Crippen LogP contribution in [0.25, 0.3) is 16.8 Å². The van der Waals surface area contributed by atoms with Crippen molar-refractivity contribution in [3.05, 3.63) is 52.6 Å². The summed E-state index contributed by atoms with van der Waals surface area (Å²) in [5, 5.41) is 0. The van der Waals surface area contributed by atoms with E-state index < -0.39 is 27.6 Å². The molecule has 0 amide bonds. The van der Waals surface area contributed by atoms with E-state index >= 15 is 0 Å². The number of hydrogen-bond donors (Lipinski definition) is 2. The van der Waals surface area contributed by atoms with Gasteiger partial charge in [0.15, 0.2) is 0 Å². The summed E-state index contributed by atoms with van der Waals surface area (Å²) in [6.07, 6.45) is 2.67. The minimum absolute atomic E-state index is 0.0393. The Morgan fingerprint density at radius 2 is 1.85 bits per heavy atom. The number of fused-ring (bicyclic) bond motifs is 1. The molecule has 2 N–H and O–H groups in total. The third-order valence-corrected chi connectivity index (χ3v) is 7.57. The summed E-state index contributed by atoms with van der Waals surface area (Å²) < 4.78 is 63.8. The molecule has 10 heteroatoms. The van der Waals surface area contributed by atoms with Gasteiger partial charge in [0.25, 0.3) is 5.56 Å². The van der Waals surface area contributed by atoms with Crippen molar-refractivity contribution in [3.63, 3.8) is 0 Å². The average Bonchev–Trinajstić information content (AvgIpc) is 3.05. The Hall–Kier alpha value is -2.72. The Labute approximate surface area is 197 Å². The molecule has 0 bridgehead atoms. The van der Waals surface area contributed by atoms with Crippen LogP contribution in [0.4, 0.5) is 8.78 Å². The van der Waals surface area contributed by atoms with Gasteiger partial charge in [-0.1, -0.05) is 0 Å². The third kappa shape index (κ3) is 5.02.